The number of carboxylic acids is 1. The van der Waals surface area contributed by atoms with Crippen LogP contribution in [0.3, 0.4) is 0 Å². The summed E-state index contributed by atoms with van der Waals surface area (Å²) in [7, 11) is 1.84. The van der Waals surface area contributed by atoms with Crippen molar-refractivity contribution in [3.63, 3.8) is 0 Å². The third-order valence-corrected chi connectivity index (χ3v) is 6.87. The highest BCUT2D eigenvalue weighted by Gasteiger charge is 2.14. The van der Waals surface area contributed by atoms with Crippen molar-refractivity contribution < 1.29 is 14.6 Å². The minimum atomic E-state index is -0.745. The molecule has 0 aromatic heterocycles. The van der Waals surface area contributed by atoms with E-state index in [1.807, 2.05) is 57.5 Å². The molecule has 0 spiro atoms. The van der Waals surface area contributed by atoms with Crippen molar-refractivity contribution in [2.45, 2.75) is 70.6 Å². The van der Waals surface area contributed by atoms with E-state index in [1.54, 1.807) is 6.21 Å². The normalized spacial score (nSPS) is 17.9. The van der Waals surface area contributed by atoms with E-state index in [1.165, 1.54) is 0 Å². The summed E-state index contributed by atoms with van der Waals surface area (Å²) in [4.78, 5) is 15.2. The summed E-state index contributed by atoms with van der Waals surface area (Å²) in [5, 5.41) is 12.3. The van der Waals surface area contributed by atoms with E-state index < -0.39 is 5.97 Å². The van der Waals surface area contributed by atoms with E-state index in [0.29, 0.717) is 24.7 Å². The number of allylic oxidation sites excluding steroid dienone is 15. The van der Waals surface area contributed by atoms with Gasteiger partial charge in [0.25, 0.3) is 0 Å². The van der Waals surface area contributed by atoms with Crippen LogP contribution in [0.25, 0.3) is 0 Å². The van der Waals surface area contributed by atoms with Gasteiger partial charge in [-0.2, -0.15) is 0 Å². The maximum Gasteiger partial charge on any atom is 0.303 e. The Hall–Kier alpha value is -3.12. The van der Waals surface area contributed by atoms with E-state index in [2.05, 4.69) is 59.4 Å². The lowest BCUT2D eigenvalue weighted by Gasteiger charge is -2.06. The molecule has 2 N–H and O–H groups in total. The van der Waals surface area contributed by atoms with Gasteiger partial charge < -0.3 is 15.2 Å². The molecule has 234 valence electrons. The van der Waals surface area contributed by atoms with Crippen LogP contribution in [0, 0.1) is 0 Å². The molecule has 5 nitrogen and oxygen atoms in total. The van der Waals surface area contributed by atoms with Crippen molar-refractivity contribution in [3.8, 4) is 0 Å². The number of unbranched alkanes of at least 4 members (excludes halogenated alkanes) is 2. The Labute approximate surface area is 269 Å². The van der Waals surface area contributed by atoms with Crippen LogP contribution in [0.15, 0.2) is 124 Å². The van der Waals surface area contributed by atoms with Gasteiger partial charge in [-0.05, 0) is 67.4 Å². The number of alkyl halides is 1. The Morgan fingerprint density at radius 3 is 2.77 bits per heavy atom. The van der Waals surface area contributed by atoms with E-state index in [0.717, 1.165) is 66.5 Å². The highest BCUT2D eigenvalue weighted by Crippen LogP contribution is 2.29. The maximum atomic E-state index is 10.6. The molecule has 2 rings (SSSR count). The minimum Gasteiger partial charge on any atom is -0.481 e. The van der Waals surface area contributed by atoms with E-state index >= 15 is 0 Å². The second-order valence-corrected chi connectivity index (χ2v) is 10.4. The van der Waals surface area contributed by atoms with Crippen LogP contribution < -0.4 is 5.32 Å². The fourth-order valence-electron chi connectivity index (χ4n) is 4.10. The number of aliphatic carboxylic acids is 1. The van der Waals surface area contributed by atoms with Crippen molar-refractivity contribution in [1.29, 1.82) is 0 Å². The van der Waals surface area contributed by atoms with Crippen LogP contribution in [-0.4, -0.2) is 42.9 Å². The molecule has 0 amide bonds. The zero-order valence-corrected chi connectivity index (χ0v) is 27.4. The molecule has 0 aromatic carbocycles. The van der Waals surface area contributed by atoms with Gasteiger partial charge in [-0.3, -0.25) is 9.79 Å². The van der Waals surface area contributed by atoms with E-state index in [-0.39, 0.29) is 11.8 Å². The second-order valence-electron chi connectivity index (χ2n) is 9.48. The molecule has 2 aliphatic rings. The summed E-state index contributed by atoms with van der Waals surface area (Å²) in [6.45, 7) is 8.99. The van der Waals surface area contributed by atoms with Crippen molar-refractivity contribution in [1.82, 2.24) is 5.32 Å². The molecule has 0 aliphatic heterocycles. The first-order valence-corrected chi connectivity index (χ1v) is 15.9. The molecule has 0 aromatic rings. The minimum absolute atomic E-state index is 0.0764. The number of rotatable bonds is 17. The number of carboxylic acid groups (broad SMARTS) is 1. The molecule has 0 radical (unpaired) electrons. The van der Waals surface area contributed by atoms with Crippen LogP contribution in [0.4, 0.5) is 0 Å². The number of nitrogens with zero attached hydrogens (tertiary/aromatic N) is 1. The largest absolute Gasteiger partial charge is 0.481 e. The molecule has 0 saturated carbocycles. The Bertz CT molecular complexity index is 1180. The summed E-state index contributed by atoms with van der Waals surface area (Å²) in [5.74, 6) is -0.745. The summed E-state index contributed by atoms with van der Waals surface area (Å²) >= 11 is 12.8. The molecule has 1 atom stereocenters. The van der Waals surface area contributed by atoms with Crippen molar-refractivity contribution in [2.75, 3.05) is 20.3 Å². The monoisotopic (exact) mass is 626 g/mol. The molecular weight excluding hydrogens is 579 g/mol. The number of aliphatic imine (C=N–C) groups is 1. The fraction of sp³-hybridized carbons (Fsp3) is 0.389. The van der Waals surface area contributed by atoms with Gasteiger partial charge in [-0.1, -0.05) is 92.6 Å². The summed E-state index contributed by atoms with van der Waals surface area (Å²) in [5.41, 5.74) is 4.99. The first kappa shape index (κ1) is 37.9. The van der Waals surface area contributed by atoms with Gasteiger partial charge in [0.05, 0.1) is 17.7 Å². The average Bonchev–Trinajstić information content (AvgIpc) is 3.33. The first-order valence-electron chi connectivity index (χ1n) is 15.1. The fourth-order valence-corrected chi connectivity index (χ4v) is 4.74. The van der Waals surface area contributed by atoms with Crippen molar-refractivity contribution >= 4 is 35.4 Å². The van der Waals surface area contributed by atoms with Gasteiger partial charge in [0.15, 0.2) is 0 Å². The van der Waals surface area contributed by atoms with Gasteiger partial charge in [0, 0.05) is 43.1 Å². The standard InChI is InChI=1S/C34H42Cl2N2O3.C2H6/c1-3-4-14-28(16-11-24-41-23-7-5-6-19-34(39)40)29-15-8-12-27(20-21-29)13-10-22-38-33(26-37-2)31-18-9-17-30(35)25-32(31)36;1-2/h3,10-16,18,20-22,25-26,30,37H,1,4-9,17,19,23-24H2,2H3,(H,39,40);1-2H3/b13-10+,16-11-,28-14+,33-26-,38-22-;. The third kappa shape index (κ3) is 16.9. The predicted octanol–water partition coefficient (Wildman–Crippen LogP) is 9.68. The maximum absolute atomic E-state index is 10.6. The number of hydrogen-bond acceptors (Lipinski definition) is 4. The van der Waals surface area contributed by atoms with Gasteiger partial charge in [0.1, 0.15) is 0 Å². The first-order chi connectivity index (χ1) is 20.9. The molecule has 0 heterocycles. The highest BCUT2D eigenvalue weighted by molar-refractivity contribution is 6.33. The van der Waals surface area contributed by atoms with Gasteiger partial charge >= 0.3 is 5.97 Å². The second kappa shape index (κ2) is 24.3. The van der Waals surface area contributed by atoms with Crippen LogP contribution in [0.5, 0.6) is 0 Å². The summed E-state index contributed by atoms with van der Waals surface area (Å²) in [6, 6.07) is 0. The number of nitrogens with one attached hydrogen (secondary N) is 1. The number of carbonyl (C=O) groups is 1. The number of ether oxygens (including phenoxy) is 1. The Balaban J connectivity index is 0.00000452. The van der Waals surface area contributed by atoms with Crippen LogP contribution in [0.1, 0.15) is 65.2 Å². The zero-order chi connectivity index (χ0) is 31.7. The lowest BCUT2D eigenvalue weighted by Crippen LogP contribution is -1.98. The topological polar surface area (TPSA) is 70.9 Å². The molecule has 0 bridgehead atoms. The predicted molar refractivity (Wildman–Crippen MR) is 186 cm³/mol. The number of hydrogen-bond donors (Lipinski definition) is 2. The lowest BCUT2D eigenvalue weighted by atomic mass is 10.0. The smallest absolute Gasteiger partial charge is 0.303 e. The molecule has 43 heavy (non-hydrogen) atoms. The summed E-state index contributed by atoms with van der Waals surface area (Å²) in [6.07, 6.45) is 34.2. The summed E-state index contributed by atoms with van der Waals surface area (Å²) < 4.78 is 5.69. The van der Waals surface area contributed by atoms with E-state index in [9.17, 15) is 4.79 Å². The highest BCUT2D eigenvalue weighted by atomic mass is 35.5. The Kier molecular flexibility index (Phi) is 21.5. The van der Waals surface area contributed by atoms with Crippen LogP contribution in [0.2, 0.25) is 0 Å². The Morgan fingerprint density at radius 1 is 1.21 bits per heavy atom. The number of halogens is 2. The molecule has 0 fully saturated rings. The molecule has 0 saturated heterocycles. The van der Waals surface area contributed by atoms with Crippen LogP contribution >= 0.6 is 23.2 Å². The average molecular weight is 628 g/mol. The Morgan fingerprint density at radius 2 is 2.02 bits per heavy atom. The molecule has 1 unspecified atom stereocenters. The van der Waals surface area contributed by atoms with Gasteiger partial charge in [0.2, 0.25) is 0 Å². The zero-order valence-electron chi connectivity index (χ0n) is 25.9. The molecular formula is C36H48Cl2N2O3. The SMILES string of the molecule is C=CC/C=C(\C=C/COCCCCCC(=O)O)C1=CCC=C(/C=C/C=N\C(=C/NC)C2=CCCC(Cl)C=C2Cl)C=C1.CC. The quantitative estimate of drug-likeness (QED) is 0.0554. The molecule has 7 heteroatoms. The molecule has 2 aliphatic carbocycles. The van der Waals surface area contributed by atoms with E-state index in [4.69, 9.17) is 33.0 Å². The van der Waals surface area contributed by atoms with Gasteiger partial charge in [-0.25, -0.2) is 0 Å². The lowest BCUT2D eigenvalue weighted by molar-refractivity contribution is -0.137. The van der Waals surface area contributed by atoms with Crippen LogP contribution in [-0.2, 0) is 9.53 Å². The van der Waals surface area contributed by atoms with Crippen molar-refractivity contribution in [2.24, 2.45) is 4.99 Å². The van der Waals surface area contributed by atoms with Crippen molar-refractivity contribution in [3.05, 3.63) is 119 Å². The third-order valence-electron chi connectivity index (χ3n) is 6.20. The van der Waals surface area contributed by atoms with Gasteiger partial charge in [-0.15, -0.1) is 18.2 Å².